The number of rotatable bonds is 7. The normalized spacial score (nSPS) is 11.3. The van der Waals surface area contributed by atoms with Crippen molar-refractivity contribution in [3.8, 4) is 5.75 Å². The smallest absolute Gasteiger partial charge is 0.189 e. The summed E-state index contributed by atoms with van der Waals surface area (Å²) in [5.74, 6) is 2.38. The van der Waals surface area contributed by atoms with Crippen LogP contribution in [0.15, 0.2) is 35.6 Å². The fraction of sp³-hybridized carbons (Fsp3) is 0.412. The Morgan fingerprint density at radius 1 is 1.30 bits per heavy atom. The number of anilines is 1. The molecule has 1 aromatic heterocycles. The second-order valence-corrected chi connectivity index (χ2v) is 6.87. The minimum atomic E-state index is -0.417. The molecule has 0 spiro atoms. The standard InChI is InChI=1S/C17H23N3O2S/c1-12-13(6-5-7-14(12)22-4)10-23-16-18-9-8-15(19-16)20-17(2,3)11-21/h5-9,21H,10-11H2,1-4H3,(H,18,19,20). The Labute approximate surface area is 141 Å². The molecule has 23 heavy (non-hydrogen) atoms. The third-order valence-corrected chi connectivity index (χ3v) is 4.38. The number of nitrogens with one attached hydrogen (secondary N) is 1. The van der Waals surface area contributed by atoms with Gasteiger partial charge in [0.15, 0.2) is 5.16 Å². The zero-order valence-corrected chi connectivity index (χ0v) is 14.8. The predicted octanol–water partition coefficient (Wildman–Crippen LogP) is 3.27. The molecule has 0 saturated carbocycles. The summed E-state index contributed by atoms with van der Waals surface area (Å²) in [6.07, 6.45) is 1.73. The number of aliphatic hydroxyl groups excluding tert-OH is 1. The quantitative estimate of drug-likeness (QED) is 0.599. The summed E-state index contributed by atoms with van der Waals surface area (Å²) in [5, 5.41) is 13.2. The number of aromatic nitrogens is 2. The topological polar surface area (TPSA) is 67.3 Å². The van der Waals surface area contributed by atoms with Gasteiger partial charge in [-0.25, -0.2) is 9.97 Å². The molecular formula is C17H23N3O2S. The van der Waals surface area contributed by atoms with Crippen molar-refractivity contribution in [1.29, 1.82) is 0 Å². The van der Waals surface area contributed by atoms with Crippen molar-refractivity contribution < 1.29 is 9.84 Å². The average Bonchev–Trinajstić information content (AvgIpc) is 2.54. The van der Waals surface area contributed by atoms with E-state index in [0.717, 1.165) is 17.1 Å². The lowest BCUT2D eigenvalue weighted by molar-refractivity contribution is 0.234. The molecule has 0 amide bonds. The van der Waals surface area contributed by atoms with Gasteiger partial charge in [0.25, 0.3) is 0 Å². The molecule has 0 unspecified atom stereocenters. The average molecular weight is 333 g/mol. The van der Waals surface area contributed by atoms with Crippen LogP contribution in [0.3, 0.4) is 0 Å². The van der Waals surface area contributed by atoms with Crippen LogP contribution in [0.25, 0.3) is 0 Å². The molecule has 0 radical (unpaired) electrons. The van der Waals surface area contributed by atoms with Gasteiger partial charge in [-0.3, -0.25) is 0 Å². The number of hydrogen-bond donors (Lipinski definition) is 2. The van der Waals surface area contributed by atoms with Gasteiger partial charge in [0.2, 0.25) is 0 Å². The van der Waals surface area contributed by atoms with Gasteiger partial charge in [-0.05, 0) is 44.0 Å². The van der Waals surface area contributed by atoms with Crippen molar-refractivity contribution >= 4 is 17.6 Å². The van der Waals surface area contributed by atoms with Crippen LogP contribution < -0.4 is 10.1 Å². The number of benzene rings is 1. The maximum absolute atomic E-state index is 9.33. The number of thioether (sulfide) groups is 1. The summed E-state index contributed by atoms with van der Waals surface area (Å²) in [6, 6.07) is 7.84. The molecule has 6 heteroatoms. The second kappa shape index (κ2) is 7.66. The van der Waals surface area contributed by atoms with Crippen LogP contribution in [0.1, 0.15) is 25.0 Å². The highest BCUT2D eigenvalue weighted by Gasteiger charge is 2.16. The summed E-state index contributed by atoms with van der Waals surface area (Å²) in [4.78, 5) is 8.79. The van der Waals surface area contributed by atoms with Gasteiger partial charge < -0.3 is 15.2 Å². The molecule has 0 aliphatic carbocycles. The molecular weight excluding hydrogens is 310 g/mol. The zero-order valence-electron chi connectivity index (χ0n) is 14.0. The van der Waals surface area contributed by atoms with E-state index in [0.29, 0.717) is 11.0 Å². The lowest BCUT2D eigenvalue weighted by atomic mass is 10.1. The molecule has 0 aliphatic heterocycles. The summed E-state index contributed by atoms with van der Waals surface area (Å²) in [6.45, 7) is 5.92. The number of methoxy groups -OCH3 is 1. The zero-order chi connectivity index (χ0) is 16.9. The first-order valence-electron chi connectivity index (χ1n) is 7.42. The molecule has 2 rings (SSSR count). The molecule has 0 bridgehead atoms. The highest BCUT2D eigenvalue weighted by molar-refractivity contribution is 7.98. The van der Waals surface area contributed by atoms with E-state index in [1.54, 1.807) is 31.1 Å². The molecule has 124 valence electrons. The van der Waals surface area contributed by atoms with Gasteiger partial charge >= 0.3 is 0 Å². The summed E-state index contributed by atoms with van der Waals surface area (Å²) in [7, 11) is 1.68. The highest BCUT2D eigenvalue weighted by atomic mass is 32.2. The number of ether oxygens (including phenoxy) is 1. The van der Waals surface area contributed by atoms with Crippen LogP contribution in [0.5, 0.6) is 5.75 Å². The lowest BCUT2D eigenvalue weighted by Crippen LogP contribution is -2.35. The van der Waals surface area contributed by atoms with Crippen LogP contribution >= 0.6 is 11.8 Å². The second-order valence-electron chi connectivity index (χ2n) is 5.92. The van der Waals surface area contributed by atoms with Gasteiger partial charge in [-0.15, -0.1) is 0 Å². The molecule has 2 aromatic rings. The monoisotopic (exact) mass is 333 g/mol. The Morgan fingerprint density at radius 3 is 2.78 bits per heavy atom. The van der Waals surface area contributed by atoms with Crippen molar-refractivity contribution in [1.82, 2.24) is 9.97 Å². The van der Waals surface area contributed by atoms with E-state index in [-0.39, 0.29) is 6.61 Å². The van der Waals surface area contributed by atoms with Crippen molar-refractivity contribution in [2.75, 3.05) is 19.0 Å². The molecule has 0 fully saturated rings. The van der Waals surface area contributed by atoms with Crippen molar-refractivity contribution in [2.45, 2.75) is 37.2 Å². The maximum atomic E-state index is 9.33. The fourth-order valence-electron chi connectivity index (χ4n) is 2.05. The highest BCUT2D eigenvalue weighted by Crippen LogP contribution is 2.27. The van der Waals surface area contributed by atoms with E-state index in [1.165, 1.54) is 5.56 Å². The van der Waals surface area contributed by atoms with E-state index >= 15 is 0 Å². The van der Waals surface area contributed by atoms with E-state index in [4.69, 9.17) is 4.74 Å². The van der Waals surface area contributed by atoms with E-state index < -0.39 is 5.54 Å². The summed E-state index contributed by atoms with van der Waals surface area (Å²) >= 11 is 1.57. The Balaban J connectivity index is 2.07. The van der Waals surface area contributed by atoms with Crippen LogP contribution in [0, 0.1) is 6.92 Å². The minimum Gasteiger partial charge on any atom is -0.496 e. The first-order valence-corrected chi connectivity index (χ1v) is 8.41. The SMILES string of the molecule is COc1cccc(CSc2nccc(NC(C)(C)CO)n2)c1C. The molecule has 5 nitrogen and oxygen atoms in total. The van der Waals surface area contributed by atoms with Crippen molar-refractivity contribution in [2.24, 2.45) is 0 Å². The van der Waals surface area contributed by atoms with Crippen LogP contribution in [0.4, 0.5) is 5.82 Å². The lowest BCUT2D eigenvalue weighted by Gasteiger charge is -2.24. The van der Waals surface area contributed by atoms with E-state index in [9.17, 15) is 5.11 Å². The third kappa shape index (κ3) is 4.84. The molecule has 2 N–H and O–H groups in total. The van der Waals surface area contributed by atoms with Crippen LogP contribution in [-0.4, -0.2) is 34.3 Å². The number of aliphatic hydroxyl groups is 1. The fourth-order valence-corrected chi connectivity index (χ4v) is 2.94. The van der Waals surface area contributed by atoms with Gasteiger partial charge in [-0.1, -0.05) is 23.9 Å². The van der Waals surface area contributed by atoms with Gasteiger partial charge in [0.05, 0.1) is 19.3 Å². The first kappa shape index (κ1) is 17.6. The Morgan fingerprint density at radius 2 is 2.09 bits per heavy atom. The van der Waals surface area contributed by atoms with Crippen molar-refractivity contribution in [3.05, 3.63) is 41.6 Å². The molecule has 0 aliphatic rings. The molecule has 1 aromatic carbocycles. The van der Waals surface area contributed by atoms with Crippen LogP contribution in [-0.2, 0) is 5.75 Å². The Bertz CT molecular complexity index is 662. The maximum Gasteiger partial charge on any atom is 0.189 e. The summed E-state index contributed by atoms with van der Waals surface area (Å²) < 4.78 is 5.35. The van der Waals surface area contributed by atoms with Gasteiger partial charge in [-0.2, -0.15) is 0 Å². The third-order valence-electron chi connectivity index (χ3n) is 3.47. The molecule has 0 saturated heterocycles. The number of hydrogen-bond acceptors (Lipinski definition) is 6. The Kier molecular flexibility index (Phi) is 5.85. The predicted molar refractivity (Wildman–Crippen MR) is 94.1 cm³/mol. The van der Waals surface area contributed by atoms with Gasteiger partial charge in [0, 0.05) is 11.9 Å². The first-order chi connectivity index (χ1) is 10.9. The van der Waals surface area contributed by atoms with Gasteiger partial charge in [0.1, 0.15) is 11.6 Å². The number of nitrogens with zero attached hydrogens (tertiary/aromatic N) is 2. The minimum absolute atomic E-state index is 0.0302. The molecule has 1 heterocycles. The Hall–Kier alpha value is -1.79. The summed E-state index contributed by atoms with van der Waals surface area (Å²) in [5.41, 5.74) is 1.92. The van der Waals surface area contributed by atoms with Crippen molar-refractivity contribution in [3.63, 3.8) is 0 Å². The van der Waals surface area contributed by atoms with Crippen LogP contribution in [0.2, 0.25) is 0 Å². The largest absolute Gasteiger partial charge is 0.496 e. The van der Waals surface area contributed by atoms with E-state index in [1.807, 2.05) is 26.0 Å². The van der Waals surface area contributed by atoms with E-state index in [2.05, 4.69) is 28.3 Å². The molecule has 0 atom stereocenters.